The number of phenolic OH excluding ortho intramolecular Hbond substituents is 1. The number of methoxy groups -OCH3 is 1. The molecule has 2 aromatic rings. The Morgan fingerprint density at radius 3 is 2.39 bits per heavy atom. The molecular formula is C20H18F2O6. The minimum Gasteiger partial charge on any atom is -0.504 e. The summed E-state index contributed by atoms with van der Waals surface area (Å²) in [5.74, 6) is -1.10. The maximum absolute atomic E-state index is 12.3. The summed E-state index contributed by atoms with van der Waals surface area (Å²) >= 11 is 0. The van der Waals surface area contributed by atoms with Gasteiger partial charge >= 0.3 is 12.6 Å². The van der Waals surface area contributed by atoms with E-state index in [0.29, 0.717) is 5.56 Å². The molecule has 0 heterocycles. The molecule has 0 bridgehead atoms. The third kappa shape index (κ3) is 5.80. The second kappa shape index (κ2) is 9.50. The van der Waals surface area contributed by atoms with Crippen molar-refractivity contribution >= 4 is 17.8 Å². The standard InChI is InChI=1S/C20H18F2O6/c1-12(19(25)14-5-7-15(8-6-14)28-20(21)22)27-18(24)10-4-13-3-9-16(23)17(11-13)26-2/h3-12,20,23H,1-2H3/b10-4+/t12-/m1/s1. The molecule has 1 N–H and O–H groups in total. The Morgan fingerprint density at radius 2 is 1.79 bits per heavy atom. The minimum atomic E-state index is -2.96. The molecule has 0 saturated heterocycles. The van der Waals surface area contributed by atoms with E-state index >= 15 is 0 Å². The number of hydrogen-bond donors (Lipinski definition) is 1. The van der Waals surface area contributed by atoms with Gasteiger partial charge in [-0.2, -0.15) is 8.78 Å². The summed E-state index contributed by atoms with van der Waals surface area (Å²) in [6.07, 6.45) is 1.50. The Bertz CT molecular complexity index is 861. The molecule has 2 rings (SSSR count). The Labute approximate surface area is 160 Å². The number of rotatable bonds is 8. The first-order valence-electron chi connectivity index (χ1n) is 8.15. The van der Waals surface area contributed by atoms with Crippen LogP contribution in [0.3, 0.4) is 0 Å². The minimum absolute atomic E-state index is 0.0357. The number of ether oxygens (including phenoxy) is 3. The molecule has 2 aromatic carbocycles. The molecule has 6 nitrogen and oxygen atoms in total. The summed E-state index contributed by atoms with van der Waals surface area (Å²) in [6.45, 7) is -1.55. The molecule has 0 aliphatic heterocycles. The highest BCUT2D eigenvalue weighted by atomic mass is 19.3. The van der Waals surface area contributed by atoms with Gasteiger partial charge in [0.05, 0.1) is 7.11 Å². The monoisotopic (exact) mass is 392 g/mol. The summed E-state index contributed by atoms with van der Waals surface area (Å²) in [6, 6.07) is 9.58. The van der Waals surface area contributed by atoms with E-state index in [2.05, 4.69) is 4.74 Å². The van der Waals surface area contributed by atoms with Gasteiger partial charge < -0.3 is 19.3 Å². The van der Waals surface area contributed by atoms with E-state index in [-0.39, 0.29) is 22.8 Å². The van der Waals surface area contributed by atoms with Crippen molar-refractivity contribution in [2.24, 2.45) is 0 Å². The van der Waals surface area contributed by atoms with Crippen molar-refractivity contribution < 1.29 is 37.7 Å². The van der Waals surface area contributed by atoms with Crippen LogP contribution in [-0.2, 0) is 9.53 Å². The van der Waals surface area contributed by atoms with Crippen molar-refractivity contribution in [1.82, 2.24) is 0 Å². The predicted octanol–water partition coefficient (Wildman–Crippen LogP) is 3.83. The van der Waals surface area contributed by atoms with E-state index in [1.165, 1.54) is 56.5 Å². The van der Waals surface area contributed by atoms with Crippen molar-refractivity contribution in [3.8, 4) is 17.2 Å². The first-order chi connectivity index (χ1) is 13.3. The van der Waals surface area contributed by atoms with Crippen LogP contribution < -0.4 is 9.47 Å². The van der Waals surface area contributed by atoms with Gasteiger partial charge in [0.1, 0.15) is 5.75 Å². The average Bonchev–Trinajstić information content (AvgIpc) is 2.66. The fourth-order valence-electron chi connectivity index (χ4n) is 2.26. The third-order valence-corrected chi connectivity index (χ3v) is 3.64. The molecule has 0 fully saturated rings. The number of hydrogen-bond acceptors (Lipinski definition) is 6. The van der Waals surface area contributed by atoms with Crippen molar-refractivity contribution in [2.45, 2.75) is 19.6 Å². The fraction of sp³-hybridized carbons (Fsp3) is 0.200. The lowest BCUT2D eigenvalue weighted by Gasteiger charge is -2.11. The SMILES string of the molecule is COc1cc(/C=C/C(=O)O[C@H](C)C(=O)c2ccc(OC(F)F)cc2)ccc1O. The highest BCUT2D eigenvalue weighted by Crippen LogP contribution is 2.26. The van der Waals surface area contributed by atoms with Crippen LogP contribution in [0.4, 0.5) is 8.78 Å². The molecule has 0 radical (unpaired) electrons. The molecule has 0 aromatic heterocycles. The van der Waals surface area contributed by atoms with Gasteiger partial charge in [-0.05, 0) is 55.0 Å². The molecule has 0 unspecified atom stereocenters. The van der Waals surface area contributed by atoms with Crippen LogP contribution >= 0.6 is 0 Å². The van der Waals surface area contributed by atoms with Gasteiger partial charge in [-0.1, -0.05) is 6.07 Å². The van der Waals surface area contributed by atoms with Crippen molar-refractivity contribution in [3.05, 3.63) is 59.7 Å². The van der Waals surface area contributed by atoms with Crippen molar-refractivity contribution in [1.29, 1.82) is 0 Å². The first-order valence-corrected chi connectivity index (χ1v) is 8.15. The van der Waals surface area contributed by atoms with E-state index in [1.807, 2.05) is 0 Å². The normalized spacial score (nSPS) is 12.0. The number of alkyl halides is 2. The van der Waals surface area contributed by atoms with E-state index in [9.17, 15) is 23.5 Å². The summed E-state index contributed by atoms with van der Waals surface area (Å²) in [7, 11) is 1.40. The van der Waals surface area contributed by atoms with Crippen LogP contribution in [0.2, 0.25) is 0 Å². The summed E-state index contributed by atoms with van der Waals surface area (Å²) in [5, 5.41) is 9.54. The van der Waals surface area contributed by atoms with Crippen LogP contribution in [0.5, 0.6) is 17.2 Å². The van der Waals surface area contributed by atoms with Gasteiger partial charge in [0.15, 0.2) is 17.6 Å². The third-order valence-electron chi connectivity index (χ3n) is 3.64. The lowest BCUT2D eigenvalue weighted by Crippen LogP contribution is -2.23. The zero-order valence-electron chi connectivity index (χ0n) is 15.1. The summed E-state index contributed by atoms with van der Waals surface area (Å²) < 4.78 is 38.5. The lowest BCUT2D eigenvalue weighted by atomic mass is 10.1. The summed E-state index contributed by atoms with van der Waals surface area (Å²) in [4.78, 5) is 24.2. The molecule has 0 aliphatic rings. The topological polar surface area (TPSA) is 82.1 Å². The van der Waals surface area contributed by atoms with Gasteiger partial charge in [-0.15, -0.1) is 0 Å². The maximum atomic E-state index is 12.3. The number of halogens is 2. The zero-order valence-corrected chi connectivity index (χ0v) is 15.1. The molecular weight excluding hydrogens is 374 g/mol. The Kier molecular flexibility index (Phi) is 7.08. The highest BCUT2D eigenvalue weighted by molar-refractivity contribution is 6.01. The van der Waals surface area contributed by atoms with Crippen LogP contribution in [0.1, 0.15) is 22.8 Å². The van der Waals surface area contributed by atoms with Gasteiger partial charge in [0.25, 0.3) is 0 Å². The number of phenols is 1. The number of carbonyl (C=O) groups excluding carboxylic acids is 2. The van der Waals surface area contributed by atoms with Crippen molar-refractivity contribution in [3.63, 3.8) is 0 Å². The molecule has 0 amide bonds. The quantitative estimate of drug-likeness (QED) is 0.418. The molecule has 28 heavy (non-hydrogen) atoms. The number of ketones is 1. The second-order valence-corrected chi connectivity index (χ2v) is 5.61. The molecule has 0 spiro atoms. The van der Waals surface area contributed by atoms with Gasteiger partial charge in [0, 0.05) is 11.6 Å². The van der Waals surface area contributed by atoms with Crippen LogP contribution in [0, 0.1) is 0 Å². The second-order valence-electron chi connectivity index (χ2n) is 5.61. The zero-order chi connectivity index (χ0) is 20.7. The number of benzene rings is 2. The smallest absolute Gasteiger partial charge is 0.387 e. The maximum Gasteiger partial charge on any atom is 0.387 e. The first kappa shape index (κ1) is 20.9. The average molecular weight is 392 g/mol. The molecule has 1 atom stereocenters. The molecule has 0 saturated carbocycles. The number of esters is 1. The number of carbonyl (C=O) groups is 2. The van der Waals surface area contributed by atoms with E-state index < -0.39 is 24.5 Å². The Hall–Kier alpha value is -3.42. The Morgan fingerprint density at radius 1 is 1.11 bits per heavy atom. The largest absolute Gasteiger partial charge is 0.504 e. The fourth-order valence-corrected chi connectivity index (χ4v) is 2.26. The number of aromatic hydroxyl groups is 1. The molecule has 0 aliphatic carbocycles. The van der Waals surface area contributed by atoms with Gasteiger partial charge in [0.2, 0.25) is 5.78 Å². The van der Waals surface area contributed by atoms with Crippen LogP contribution in [0.15, 0.2) is 48.5 Å². The summed E-state index contributed by atoms with van der Waals surface area (Å²) in [5.41, 5.74) is 0.773. The number of Topliss-reactive ketones (excluding diaryl/α,β-unsaturated/α-hetero) is 1. The van der Waals surface area contributed by atoms with E-state index in [1.54, 1.807) is 6.07 Å². The van der Waals surface area contributed by atoms with Gasteiger partial charge in [-0.25, -0.2) is 4.79 Å². The van der Waals surface area contributed by atoms with Crippen molar-refractivity contribution in [2.75, 3.05) is 7.11 Å². The predicted molar refractivity (Wildman–Crippen MR) is 96.7 cm³/mol. The van der Waals surface area contributed by atoms with Gasteiger partial charge in [-0.3, -0.25) is 4.79 Å². The Balaban J connectivity index is 1.96. The van der Waals surface area contributed by atoms with E-state index in [0.717, 1.165) is 6.08 Å². The molecule has 148 valence electrons. The lowest BCUT2D eigenvalue weighted by molar-refractivity contribution is -0.140. The van der Waals surface area contributed by atoms with E-state index in [4.69, 9.17) is 9.47 Å². The highest BCUT2D eigenvalue weighted by Gasteiger charge is 2.19. The van der Waals surface area contributed by atoms with Crippen LogP contribution in [0.25, 0.3) is 6.08 Å². The van der Waals surface area contributed by atoms with Crippen LogP contribution in [-0.4, -0.2) is 36.7 Å². The molecule has 8 heteroatoms.